The van der Waals surface area contributed by atoms with Crippen LogP contribution in [0, 0.1) is 18.6 Å². The minimum absolute atomic E-state index is 0.170. The largest absolute Gasteiger partial charge is 0.457 e. The summed E-state index contributed by atoms with van der Waals surface area (Å²) in [6.07, 6.45) is 2.41. The number of hydrogen-bond donors (Lipinski definition) is 1. The van der Waals surface area contributed by atoms with Crippen LogP contribution in [-0.2, 0) is 6.54 Å². The van der Waals surface area contributed by atoms with Crippen molar-refractivity contribution in [2.75, 3.05) is 0 Å². The van der Waals surface area contributed by atoms with E-state index in [-0.39, 0.29) is 5.75 Å². The van der Waals surface area contributed by atoms with Gasteiger partial charge in [0.05, 0.1) is 0 Å². The smallest absolute Gasteiger partial charge is 0.133 e. The average molecular weight is 289 g/mol. The second-order valence-corrected chi connectivity index (χ2v) is 5.47. The zero-order chi connectivity index (χ0) is 14.8. The van der Waals surface area contributed by atoms with Crippen LogP contribution in [0.25, 0.3) is 0 Å². The molecule has 21 heavy (non-hydrogen) atoms. The van der Waals surface area contributed by atoms with E-state index in [2.05, 4.69) is 5.32 Å². The van der Waals surface area contributed by atoms with E-state index in [1.807, 2.05) is 25.1 Å². The van der Waals surface area contributed by atoms with E-state index < -0.39 is 11.6 Å². The molecule has 0 atom stereocenters. The summed E-state index contributed by atoms with van der Waals surface area (Å²) in [5.74, 6) is -0.493. The SMILES string of the molecule is Cc1ccc(Oc2cc(F)cc(F)c2)c(CNC2CC2)c1. The Hall–Kier alpha value is -1.94. The van der Waals surface area contributed by atoms with Gasteiger partial charge >= 0.3 is 0 Å². The molecule has 0 aromatic heterocycles. The summed E-state index contributed by atoms with van der Waals surface area (Å²) in [6, 6.07) is 9.57. The Bertz CT molecular complexity index is 633. The highest BCUT2D eigenvalue weighted by Gasteiger charge is 2.20. The highest BCUT2D eigenvalue weighted by Crippen LogP contribution is 2.28. The summed E-state index contributed by atoms with van der Waals surface area (Å²) in [7, 11) is 0. The number of hydrogen-bond acceptors (Lipinski definition) is 2. The van der Waals surface area contributed by atoms with Crippen LogP contribution in [0.4, 0.5) is 8.78 Å². The van der Waals surface area contributed by atoms with Gasteiger partial charge < -0.3 is 10.1 Å². The molecule has 1 saturated carbocycles. The van der Waals surface area contributed by atoms with Crippen molar-refractivity contribution in [3.8, 4) is 11.5 Å². The molecule has 110 valence electrons. The lowest BCUT2D eigenvalue weighted by Gasteiger charge is -2.13. The molecule has 1 fully saturated rings. The summed E-state index contributed by atoms with van der Waals surface area (Å²) >= 11 is 0. The summed E-state index contributed by atoms with van der Waals surface area (Å²) < 4.78 is 32.1. The van der Waals surface area contributed by atoms with Crippen molar-refractivity contribution in [1.29, 1.82) is 0 Å². The Labute approximate surface area is 122 Å². The number of halogens is 2. The molecule has 2 aromatic carbocycles. The quantitative estimate of drug-likeness (QED) is 0.885. The molecular formula is C17H17F2NO. The Kier molecular flexibility index (Phi) is 3.88. The van der Waals surface area contributed by atoms with E-state index in [1.165, 1.54) is 25.0 Å². The van der Waals surface area contributed by atoms with Crippen LogP contribution in [0.2, 0.25) is 0 Å². The molecule has 4 heteroatoms. The zero-order valence-electron chi connectivity index (χ0n) is 11.8. The van der Waals surface area contributed by atoms with Crippen molar-refractivity contribution in [2.45, 2.75) is 32.4 Å². The van der Waals surface area contributed by atoms with Crippen LogP contribution in [0.1, 0.15) is 24.0 Å². The van der Waals surface area contributed by atoms with Crippen LogP contribution >= 0.6 is 0 Å². The lowest BCUT2D eigenvalue weighted by molar-refractivity contribution is 0.460. The normalized spacial score (nSPS) is 14.2. The van der Waals surface area contributed by atoms with Crippen molar-refractivity contribution in [2.24, 2.45) is 0 Å². The summed E-state index contributed by atoms with van der Waals surface area (Å²) in [5.41, 5.74) is 2.12. The first-order valence-corrected chi connectivity index (χ1v) is 7.07. The fourth-order valence-corrected chi connectivity index (χ4v) is 2.20. The predicted molar refractivity (Wildman–Crippen MR) is 77.5 cm³/mol. The molecule has 0 unspecified atom stereocenters. The van der Waals surface area contributed by atoms with Gasteiger partial charge in [-0.2, -0.15) is 0 Å². The van der Waals surface area contributed by atoms with Gasteiger partial charge in [0.2, 0.25) is 0 Å². The number of ether oxygens (including phenoxy) is 1. The minimum atomic E-state index is -0.644. The summed E-state index contributed by atoms with van der Waals surface area (Å²) in [5, 5.41) is 3.42. The Morgan fingerprint density at radius 3 is 2.48 bits per heavy atom. The Balaban J connectivity index is 1.82. The van der Waals surface area contributed by atoms with Crippen molar-refractivity contribution >= 4 is 0 Å². The third kappa shape index (κ3) is 3.79. The third-order valence-corrected chi connectivity index (χ3v) is 3.44. The monoisotopic (exact) mass is 289 g/mol. The van der Waals surface area contributed by atoms with Crippen LogP contribution < -0.4 is 10.1 Å². The van der Waals surface area contributed by atoms with Gasteiger partial charge in [0, 0.05) is 36.3 Å². The lowest BCUT2D eigenvalue weighted by Crippen LogP contribution is -2.15. The molecule has 1 N–H and O–H groups in total. The number of rotatable bonds is 5. The first kappa shape index (κ1) is 14.0. The maximum Gasteiger partial charge on any atom is 0.133 e. The first-order valence-electron chi connectivity index (χ1n) is 7.07. The van der Waals surface area contributed by atoms with Crippen molar-refractivity contribution < 1.29 is 13.5 Å². The van der Waals surface area contributed by atoms with Gasteiger partial charge in [-0.25, -0.2) is 8.78 Å². The molecule has 0 bridgehead atoms. The number of aryl methyl sites for hydroxylation is 1. The van der Waals surface area contributed by atoms with Crippen molar-refractivity contribution in [1.82, 2.24) is 5.32 Å². The first-order chi connectivity index (χ1) is 10.1. The molecule has 1 aliphatic carbocycles. The molecular weight excluding hydrogens is 272 g/mol. The lowest BCUT2D eigenvalue weighted by atomic mass is 10.1. The molecule has 0 spiro atoms. The van der Waals surface area contributed by atoms with Crippen LogP contribution in [0.5, 0.6) is 11.5 Å². The molecule has 2 nitrogen and oxygen atoms in total. The van der Waals surface area contributed by atoms with Gasteiger partial charge in [-0.15, -0.1) is 0 Å². The highest BCUT2D eigenvalue weighted by molar-refractivity contribution is 5.40. The van der Waals surface area contributed by atoms with E-state index >= 15 is 0 Å². The van der Waals surface area contributed by atoms with Crippen molar-refractivity contribution in [3.63, 3.8) is 0 Å². The fraction of sp³-hybridized carbons (Fsp3) is 0.294. The molecule has 3 rings (SSSR count). The second-order valence-electron chi connectivity index (χ2n) is 5.47. The van der Waals surface area contributed by atoms with Crippen molar-refractivity contribution in [3.05, 3.63) is 59.2 Å². The summed E-state index contributed by atoms with van der Waals surface area (Å²) in [6.45, 7) is 2.70. The van der Waals surface area contributed by atoms with E-state index in [1.54, 1.807) is 0 Å². The zero-order valence-corrected chi connectivity index (χ0v) is 11.8. The third-order valence-electron chi connectivity index (χ3n) is 3.44. The molecule has 1 aliphatic rings. The maximum absolute atomic E-state index is 13.2. The van der Waals surface area contributed by atoms with Gasteiger partial charge in [-0.3, -0.25) is 0 Å². The molecule has 0 heterocycles. The van der Waals surface area contributed by atoms with E-state index in [4.69, 9.17) is 4.74 Å². The van der Waals surface area contributed by atoms with E-state index in [0.29, 0.717) is 18.3 Å². The Morgan fingerprint density at radius 2 is 1.81 bits per heavy atom. The molecule has 0 saturated heterocycles. The average Bonchev–Trinajstić information content (AvgIpc) is 3.22. The van der Waals surface area contributed by atoms with Gasteiger partial charge in [-0.1, -0.05) is 17.7 Å². The highest BCUT2D eigenvalue weighted by atomic mass is 19.1. The topological polar surface area (TPSA) is 21.3 Å². The standard InChI is InChI=1S/C17H17F2NO/c1-11-2-5-17(12(6-11)10-20-15-3-4-15)21-16-8-13(18)7-14(19)9-16/h2,5-9,15,20H,3-4,10H2,1H3. The Morgan fingerprint density at radius 1 is 1.10 bits per heavy atom. The fourth-order valence-electron chi connectivity index (χ4n) is 2.20. The molecule has 0 aliphatic heterocycles. The summed E-state index contributed by atoms with van der Waals surface area (Å²) in [4.78, 5) is 0. The molecule has 2 aromatic rings. The molecule has 0 radical (unpaired) electrons. The van der Waals surface area contributed by atoms with Crippen LogP contribution in [0.3, 0.4) is 0 Å². The van der Waals surface area contributed by atoms with E-state index in [9.17, 15) is 8.78 Å². The van der Waals surface area contributed by atoms with Gasteiger partial charge in [0.1, 0.15) is 23.1 Å². The predicted octanol–water partition coefficient (Wildman–Crippen LogP) is 4.32. The maximum atomic E-state index is 13.2. The van der Waals surface area contributed by atoms with E-state index in [0.717, 1.165) is 17.2 Å². The number of benzene rings is 2. The van der Waals surface area contributed by atoms with Gasteiger partial charge in [-0.05, 0) is 25.8 Å². The number of nitrogens with one attached hydrogen (secondary N) is 1. The van der Waals surface area contributed by atoms with Crippen LogP contribution in [-0.4, -0.2) is 6.04 Å². The second kappa shape index (κ2) is 5.82. The minimum Gasteiger partial charge on any atom is -0.457 e. The van der Waals surface area contributed by atoms with Gasteiger partial charge in [0.15, 0.2) is 0 Å². The van der Waals surface area contributed by atoms with Gasteiger partial charge in [0.25, 0.3) is 0 Å². The van der Waals surface area contributed by atoms with Crippen LogP contribution in [0.15, 0.2) is 36.4 Å². The molecule has 0 amide bonds.